The first-order chi connectivity index (χ1) is 9.69. The first-order valence-corrected chi connectivity index (χ1v) is 9.15. The van der Waals surface area contributed by atoms with Gasteiger partial charge in [0, 0.05) is 38.0 Å². The summed E-state index contributed by atoms with van der Waals surface area (Å²) in [5.41, 5.74) is -1.22. The van der Waals surface area contributed by atoms with Crippen LogP contribution >= 0.6 is 0 Å². The Morgan fingerprint density at radius 1 is 1.19 bits per heavy atom. The van der Waals surface area contributed by atoms with Crippen molar-refractivity contribution in [3.63, 3.8) is 0 Å². The van der Waals surface area contributed by atoms with Crippen LogP contribution in [0.5, 0.6) is 0 Å². The van der Waals surface area contributed by atoms with Crippen molar-refractivity contribution < 1.29 is 17.8 Å². The van der Waals surface area contributed by atoms with Crippen molar-refractivity contribution in [2.24, 2.45) is 16.7 Å². The Kier molecular flexibility index (Phi) is 4.78. The number of hydrogen-bond donors (Lipinski definition) is 2. The number of ketones is 1. The van der Waals surface area contributed by atoms with Gasteiger partial charge in [0.1, 0.15) is 5.78 Å². The zero-order valence-corrected chi connectivity index (χ0v) is 13.6. The summed E-state index contributed by atoms with van der Waals surface area (Å²) in [6.07, 6.45) is 1.88. The molecule has 2 atom stereocenters. The summed E-state index contributed by atoms with van der Waals surface area (Å²) in [4.78, 5) is 11.8. The van der Waals surface area contributed by atoms with Crippen LogP contribution in [0.25, 0.3) is 0 Å². The van der Waals surface area contributed by atoms with E-state index >= 15 is 0 Å². The Morgan fingerprint density at radius 2 is 1.71 bits per heavy atom. The summed E-state index contributed by atoms with van der Waals surface area (Å²) in [6, 6.07) is 0. The molecule has 122 valence electrons. The first kappa shape index (κ1) is 16.9. The Labute approximate surface area is 126 Å². The third-order valence-electron chi connectivity index (χ3n) is 5.52. The number of fused-ring (bicyclic) bond motifs is 2. The zero-order chi connectivity index (χ0) is 15.7. The van der Waals surface area contributed by atoms with Crippen molar-refractivity contribution in [3.05, 3.63) is 0 Å². The predicted octanol–water partition coefficient (Wildman–Crippen LogP) is 0.106. The average molecular weight is 317 g/mol. The van der Waals surface area contributed by atoms with Gasteiger partial charge in [-0.05, 0) is 24.2 Å². The Morgan fingerprint density at radius 3 is 2.00 bits per heavy atom. The molecule has 1 saturated heterocycles. The van der Waals surface area contributed by atoms with Gasteiger partial charge in [0.2, 0.25) is 0 Å². The lowest BCUT2D eigenvalue weighted by molar-refractivity contribution is -0.128. The molecule has 2 saturated carbocycles. The average Bonchev–Trinajstić information content (AvgIpc) is 2.73. The molecular formula is C14H25N2O4S-. The van der Waals surface area contributed by atoms with E-state index in [9.17, 15) is 17.8 Å². The van der Waals surface area contributed by atoms with Crippen LogP contribution in [0.4, 0.5) is 0 Å². The fourth-order valence-electron chi connectivity index (χ4n) is 4.01. The van der Waals surface area contributed by atoms with Crippen LogP contribution in [0.2, 0.25) is 0 Å². The van der Waals surface area contributed by atoms with E-state index in [4.69, 9.17) is 0 Å². The van der Waals surface area contributed by atoms with Gasteiger partial charge in [-0.15, -0.1) is 0 Å². The largest absolute Gasteiger partial charge is 0.748 e. The molecule has 3 fully saturated rings. The molecule has 21 heavy (non-hydrogen) atoms. The van der Waals surface area contributed by atoms with Crippen molar-refractivity contribution in [3.8, 4) is 0 Å². The minimum absolute atomic E-state index is 0.0248. The number of nitrogens with one attached hydrogen (secondary N) is 2. The minimum Gasteiger partial charge on any atom is -0.748 e. The molecule has 2 unspecified atom stereocenters. The second-order valence-corrected chi connectivity index (χ2v) is 8.27. The van der Waals surface area contributed by atoms with E-state index in [2.05, 4.69) is 10.6 Å². The van der Waals surface area contributed by atoms with Gasteiger partial charge in [0.25, 0.3) is 0 Å². The van der Waals surface area contributed by atoms with E-state index in [1.54, 1.807) is 0 Å². The van der Waals surface area contributed by atoms with Crippen LogP contribution in [-0.4, -0.2) is 50.7 Å². The van der Waals surface area contributed by atoms with Crippen molar-refractivity contribution in [1.29, 1.82) is 0 Å². The second kappa shape index (κ2) is 5.95. The third-order valence-corrected chi connectivity index (χ3v) is 6.37. The molecule has 2 bridgehead atoms. The van der Waals surface area contributed by atoms with Crippen molar-refractivity contribution in [1.82, 2.24) is 10.6 Å². The van der Waals surface area contributed by atoms with Crippen LogP contribution in [0.15, 0.2) is 0 Å². The van der Waals surface area contributed by atoms with Crippen molar-refractivity contribution in [2.75, 3.05) is 31.9 Å². The van der Waals surface area contributed by atoms with E-state index < -0.39 is 21.3 Å². The molecule has 2 N–H and O–H groups in total. The summed E-state index contributed by atoms with van der Waals surface area (Å²) in [5, 5.41) is 6.44. The molecule has 0 aromatic heterocycles. The fraction of sp³-hybridized carbons (Fsp3) is 0.929. The number of piperazine rings is 1. The minimum atomic E-state index is -4.33. The summed E-state index contributed by atoms with van der Waals surface area (Å²) in [5.74, 6) is -0.280. The molecule has 3 aliphatic rings. The van der Waals surface area contributed by atoms with E-state index in [1.165, 1.54) is 0 Å². The van der Waals surface area contributed by atoms with E-state index in [0.29, 0.717) is 12.8 Å². The quantitative estimate of drug-likeness (QED) is 0.701. The molecule has 2 aliphatic carbocycles. The molecule has 0 radical (unpaired) electrons. The number of hydrogen-bond acceptors (Lipinski definition) is 6. The van der Waals surface area contributed by atoms with Gasteiger partial charge >= 0.3 is 0 Å². The molecule has 1 heterocycles. The maximum absolute atomic E-state index is 11.8. The lowest BCUT2D eigenvalue weighted by Gasteiger charge is -2.37. The topological polar surface area (TPSA) is 98.3 Å². The fourth-order valence-corrected chi connectivity index (χ4v) is 5.29. The molecular weight excluding hydrogens is 292 g/mol. The first-order valence-electron chi connectivity index (χ1n) is 7.57. The summed E-state index contributed by atoms with van der Waals surface area (Å²) >= 11 is 0. The van der Waals surface area contributed by atoms with Crippen LogP contribution in [0.1, 0.15) is 33.1 Å². The van der Waals surface area contributed by atoms with Gasteiger partial charge in [-0.3, -0.25) is 4.79 Å². The third kappa shape index (κ3) is 3.31. The van der Waals surface area contributed by atoms with Crippen LogP contribution < -0.4 is 10.6 Å². The zero-order valence-electron chi connectivity index (χ0n) is 12.8. The molecule has 0 aromatic rings. The Balaban J connectivity index is 0.000000225. The molecule has 0 amide bonds. The standard InChI is InChI=1S/C10H16O4S.C4H10N2/c1-9(2)7-3-4-10(9,8(11)5-7)6-15(12,13)14;1-2-6-4-3-5-1/h7H,3-6H2,1-2H3,(H,12,13,14);5-6H,1-4H2/p-1. The highest BCUT2D eigenvalue weighted by molar-refractivity contribution is 7.85. The Hall–Kier alpha value is -0.500. The molecule has 3 rings (SSSR count). The number of carbonyl (C=O) groups is 1. The van der Waals surface area contributed by atoms with Crippen LogP contribution in [0.3, 0.4) is 0 Å². The summed E-state index contributed by atoms with van der Waals surface area (Å²) < 4.78 is 32.7. The summed E-state index contributed by atoms with van der Waals surface area (Å²) in [6.45, 7) is 8.39. The van der Waals surface area contributed by atoms with Gasteiger partial charge < -0.3 is 15.2 Å². The van der Waals surface area contributed by atoms with Crippen LogP contribution in [-0.2, 0) is 14.9 Å². The monoisotopic (exact) mass is 317 g/mol. The maximum Gasteiger partial charge on any atom is 0.140 e. The highest BCUT2D eigenvalue weighted by Crippen LogP contribution is 2.64. The van der Waals surface area contributed by atoms with Gasteiger partial charge in [-0.2, -0.15) is 0 Å². The van der Waals surface area contributed by atoms with Crippen LogP contribution in [0, 0.1) is 16.7 Å². The highest BCUT2D eigenvalue weighted by atomic mass is 32.2. The number of rotatable bonds is 2. The van der Waals surface area contributed by atoms with Gasteiger partial charge in [-0.1, -0.05) is 13.8 Å². The van der Waals surface area contributed by atoms with E-state index in [-0.39, 0.29) is 17.1 Å². The van der Waals surface area contributed by atoms with Crippen molar-refractivity contribution in [2.45, 2.75) is 33.1 Å². The maximum atomic E-state index is 11.8. The van der Waals surface area contributed by atoms with Gasteiger partial charge in [0.15, 0.2) is 0 Å². The van der Waals surface area contributed by atoms with E-state index in [1.807, 2.05) is 13.8 Å². The molecule has 0 spiro atoms. The predicted molar refractivity (Wildman–Crippen MR) is 78.9 cm³/mol. The van der Waals surface area contributed by atoms with Gasteiger partial charge in [0.05, 0.1) is 15.9 Å². The summed E-state index contributed by atoms with van der Waals surface area (Å²) in [7, 11) is -4.33. The molecule has 0 aromatic carbocycles. The number of Topliss-reactive ketones (excluding diaryl/α,β-unsaturated/α-hetero) is 1. The molecule has 6 nitrogen and oxygen atoms in total. The smallest absolute Gasteiger partial charge is 0.140 e. The SMILES string of the molecule is C1CNCCN1.CC1(C)C2CCC1(CS(=O)(=O)[O-])C(=O)C2. The van der Waals surface area contributed by atoms with E-state index in [0.717, 1.165) is 32.6 Å². The molecule has 1 aliphatic heterocycles. The normalized spacial score (nSPS) is 34.4. The molecule has 7 heteroatoms. The number of carbonyl (C=O) groups excluding carboxylic acids is 1. The lowest BCUT2D eigenvalue weighted by Crippen LogP contribution is -2.42. The highest BCUT2D eigenvalue weighted by Gasteiger charge is 2.64. The van der Waals surface area contributed by atoms with Crippen molar-refractivity contribution >= 4 is 15.9 Å². The van der Waals surface area contributed by atoms with Gasteiger partial charge in [-0.25, -0.2) is 8.42 Å². The Bertz CT molecular complexity index is 488. The second-order valence-electron chi connectivity index (χ2n) is 6.87. The lowest BCUT2D eigenvalue weighted by atomic mass is 9.70.